The first-order chi connectivity index (χ1) is 6.72. The van der Waals surface area contributed by atoms with Crippen LogP contribution in [0.25, 0.3) is 0 Å². The molecule has 3 nitrogen and oxygen atoms in total. The minimum atomic E-state index is -0.330. The van der Waals surface area contributed by atoms with E-state index < -0.39 is 0 Å². The smallest absolute Gasteiger partial charge is 0.332 e. The van der Waals surface area contributed by atoms with Crippen LogP contribution in [0.15, 0.2) is 23.7 Å². The van der Waals surface area contributed by atoms with E-state index in [0.717, 1.165) is 5.47 Å². The summed E-state index contributed by atoms with van der Waals surface area (Å²) in [7, 11) is 5.53. The Morgan fingerprint density at radius 3 is 3.07 bits per heavy atom. The van der Waals surface area contributed by atoms with Crippen molar-refractivity contribution in [3.05, 3.63) is 23.7 Å². The van der Waals surface area contributed by atoms with Crippen molar-refractivity contribution < 1.29 is 14.3 Å². The van der Waals surface area contributed by atoms with E-state index >= 15 is 0 Å². The highest BCUT2D eigenvalue weighted by Gasteiger charge is 2.10. The largest absolute Gasteiger partial charge is 0.464 e. The van der Waals surface area contributed by atoms with E-state index in [1.165, 1.54) is 0 Å². The van der Waals surface area contributed by atoms with Gasteiger partial charge in [-0.25, -0.2) is 4.79 Å². The van der Waals surface area contributed by atoms with Gasteiger partial charge in [-0.15, -0.1) is 5.47 Å². The molecule has 0 aromatic rings. The normalized spacial score (nSPS) is 20.4. The van der Waals surface area contributed by atoms with Gasteiger partial charge in [0.25, 0.3) is 0 Å². The Labute approximate surface area is 85.2 Å². The minimum Gasteiger partial charge on any atom is -0.464 e. The van der Waals surface area contributed by atoms with Crippen LogP contribution in [0.1, 0.15) is 13.3 Å². The van der Waals surface area contributed by atoms with Gasteiger partial charge in [0.15, 0.2) is 0 Å². The first-order valence-electron chi connectivity index (χ1n) is 4.63. The standard InChI is InChI=1S/C10H13BO3/c1-2-13-10(12)7-14-9-5-3-8(11)4-6-9/h3-5,9H,2,6-7H2,1H3. The molecular weight excluding hydrogens is 179 g/mol. The van der Waals surface area contributed by atoms with E-state index in [-0.39, 0.29) is 18.7 Å². The second kappa shape index (κ2) is 5.65. The van der Waals surface area contributed by atoms with Gasteiger partial charge in [-0.2, -0.15) is 0 Å². The highest BCUT2D eigenvalue weighted by molar-refractivity contribution is 6.23. The second-order valence-corrected chi connectivity index (χ2v) is 2.95. The molecule has 1 aliphatic rings. The van der Waals surface area contributed by atoms with Crippen molar-refractivity contribution in [1.29, 1.82) is 0 Å². The molecule has 0 aliphatic heterocycles. The fourth-order valence-corrected chi connectivity index (χ4v) is 1.12. The van der Waals surface area contributed by atoms with E-state index in [2.05, 4.69) is 0 Å². The molecule has 0 saturated carbocycles. The fourth-order valence-electron chi connectivity index (χ4n) is 1.12. The number of esters is 1. The summed E-state index contributed by atoms with van der Waals surface area (Å²) in [5.41, 5.74) is 0.737. The predicted molar refractivity (Wildman–Crippen MR) is 54.0 cm³/mol. The van der Waals surface area contributed by atoms with Crippen LogP contribution in [0.3, 0.4) is 0 Å². The van der Waals surface area contributed by atoms with Gasteiger partial charge < -0.3 is 9.47 Å². The summed E-state index contributed by atoms with van der Waals surface area (Å²) in [6.07, 6.45) is 6.14. The maximum atomic E-state index is 10.9. The Morgan fingerprint density at radius 1 is 1.71 bits per heavy atom. The average molecular weight is 192 g/mol. The SMILES string of the molecule is [B]C1=CCC(OCC(=O)OCC)C=C1. The lowest BCUT2D eigenvalue weighted by atomic mass is 9.90. The number of allylic oxidation sites excluding steroid dienone is 2. The topological polar surface area (TPSA) is 35.5 Å². The molecule has 0 bridgehead atoms. The van der Waals surface area contributed by atoms with Gasteiger partial charge in [0.1, 0.15) is 14.5 Å². The highest BCUT2D eigenvalue weighted by atomic mass is 16.6. The lowest BCUT2D eigenvalue weighted by Gasteiger charge is -2.15. The number of carbonyl (C=O) groups is 1. The van der Waals surface area contributed by atoms with E-state index in [1.54, 1.807) is 13.0 Å². The summed E-state index contributed by atoms with van der Waals surface area (Å²) >= 11 is 0. The van der Waals surface area contributed by atoms with Crippen LogP contribution in [0.4, 0.5) is 0 Å². The average Bonchev–Trinajstić information content (AvgIpc) is 2.17. The highest BCUT2D eigenvalue weighted by Crippen LogP contribution is 2.10. The van der Waals surface area contributed by atoms with Gasteiger partial charge in [0, 0.05) is 0 Å². The van der Waals surface area contributed by atoms with Crippen LogP contribution in [-0.2, 0) is 14.3 Å². The maximum Gasteiger partial charge on any atom is 0.332 e. The van der Waals surface area contributed by atoms with Gasteiger partial charge in [-0.1, -0.05) is 18.2 Å². The molecule has 0 heterocycles. The van der Waals surface area contributed by atoms with E-state index in [0.29, 0.717) is 13.0 Å². The van der Waals surface area contributed by atoms with Gasteiger partial charge >= 0.3 is 5.97 Å². The molecule has 0 N–H and O–H groups in total. The second-order valence-electron chi connectivity index (χ2n) is 2.95. The zero-order chi connectivity index (χ0) is 10.4. The Hall–Kier alpha value is -1.03. The van der Waals surface area contributed by atoms with Crippen molar-refractivity contribution >= 4 is 13.8 Å². The van der Waals surface area contributed by atoms with E-state index in [1.807, 2.05) is 12.2 Å². The molecule has 4 heteroatoms. The third kappa shape index (κ3) is 3.79. The molecular formula is C10H13BO3. The third-order valence-corrected chi connectivity index (χ3v) is 1.81. The zero-order valence-corrected chi connectivity index (χ0v) is 8.23. The van der Waals surface area contributed by atoms with Crippen molar-refractivity contribution in [3.8, 4) is 0 Å². The molecule has 0 aromatic heterocycles. The first kappa shape index (κ1) is 11.1. The predicted octanol–water partition coefficient (Wildman–Crippen LogP) is 0.947. The summed E-state index contributed by atoms with van der Waals surface area (Å²) in [6.45, 7) is 2.15. The molecule has 14 heavy (non-hydrogen) atoms. The van der Waals surface area contributed by atoms with Crippen LogP contribution in [0.2, 0.25) is 0 Å². The molecule has 74 valence electrons. The molecule has 1 atom stereocenters. The van der Waals surface area contributed by atoms with Crippen LogP contribution >= 0.6 is 0 Å². The van der Waals surface area contributed by atoms with Gasteiger partial charge in [-0.3, -0.25) is 0 Å². The summed E-state index contributed by atoms with van der Waals surface area (Å²) < 4.78 is 10.0. The van der Waals surface area contributed by atoms with E-state index in [4.69, 9.17) is 17.3 Å². The van der Waals surface area contributed by atoms with Crippen LogP contribution in [-0.4, -0.2) is 33.1 Å². The van der Waals surface area contributed by atoms with Gasteiger partial charge in [0.2, 0.25) is 0 Å². The van der Waals surface area contributed by atoms with Crippen molar-refractivity contribution in [2.24, 2.45) is 0 Å². The number of hydrogen-bond donors (Lipinski definition) is 0. The van der Waals surface area contributed by atoms with Crippen LogP contribution < -0.4 is 0 Å². The number of carbonyl (C=O) groups excluding carboxylic acids is 1. The Morgan fingerprint density at radius 2 is 2.50 bits per heavy atom. The molecule has 0 saturated heterocycles. The van der Waals surface area contributed by atoms with E-state index in [9.17, 15) is 4.79 Å². The Bertz CT molecular complexity index is 258. The zero-order valence-electron chi connectivity index (χ0n) is 8.23. The molecule has 0 aromatic carbocycles. The number of hydrogen-bond acceptors (Lipinski definition) is 3. The Kier molecular flexibility index (Phi) is 4.46. The molecule has 2 radical (unpaired) electrons. The summed E-state index contributed by atoms with van der Waals surface area (Å²) in [5.74, 6) is -0.330. The number of rotatable bonds is 4. The van der Waals surface area contributed by atoms with Crippen LogP contribution in [0.5, 0.6) is 0 Å². The third-order valence-electron chi connectivity index (χ3n) is 1.81. The molecule has 0 spiro atoms. The van der Waals surface area contributed by atoms with Crippen molar-refractivity contribution in [2.45, 2.75) is 19.4 Å². The summed E-state index contributed by atoms with van der Waals surface area (Å²) in [4.78, 5) is 10.9. The minimum absolute atomic E-state index is 0.00338. The molecule has 0 amide bonds. The lowest BCUT2D eigenvalue weighted by Crippen LogP contribution is -2.19. The summed E-state index contributed by atoms with van der Waals surface area (Å²) in [5, 5.41) is 0. The fraction of sp³-hybridized carbons (Fsp3) is 0.500. The Balaban J connectivity index is 2.21. The van der Waals surface area contributed by atoms with Gasteiger partial charge in [0.05, 0.1) is 12.7 Å². The molecule has 1 unspecified atom stereocenters. The van der Waals surface area contributed by atoms with Crippen LogP contribution in [0, 0.1) is 0 Å². The van der Waals surface area contributed by atoms with Crippen molar-refractivity contribution in [3.63, 3.8) is 0 Å². The molecule has 0 fully saturated rings. The molecule has 1 rings (SSSR count). The monoisotopic (exact) mass is 192 g/mol. The van der Waals surface area contributed by atoms with Crippen molar-refractivity contribution in [2.75, 3.05) is 13.2 Å². The first-order valence-corrected chi connectivity index (χ1v) is 4.63. The maximum absolute atomic E-state index is 10.9. The van der Waals surface area contributed by atoms with Crippen molar-refractivity contribution in [1.82, 2.24) is 0 Å². The number of ether oxygens (including phenoxy) is 2. The summed E-state index contributed by atoms with van der Waals surface area (Å²) in [6, 6.07) is 0. The molecule has 1 aliphatic carbocycles. The lowest BCUT2D eigenvalue weighted by molar-refractivity contribution is -0.149. The quantitative estimate of drug-likeness (QED) is 0.491. The van der Waals surface area contributed by atoms with Gasteiger partial charge in [-0.05, 0) is 13.3 Å².